The zero-order chi connectivity index (χ0) is 15.4. The van der Waals surface area contributed by atoms with E-state index >= 15 is 0 Å². The summed E-state index contributed by atoms with van der Waals surface area (Å²) in [5.74, 6) is 0.754. The van der Waals surface area contributed by atoms with Crippen molar-refractivity contribution in [3.63, 3.8) is 0 Å². The molecule has 2 unspecified atom stereocenters. The molecule has 0 radical (unpaired) electrons. The minimum atomic E-state index is -0.321. The number of nitrogens with one attached hydrogen (secondary N) is 1. The van der Waals surface area contributed by atoms with Gasteiger partial charge in [0.1, 0.15) is 5.75 Å². The van der Waals surface area contributed by atoms with Crippen molar-refractivity contribution in [2.24, 2.45) is 5.92 Å². The number of methoxy groups -OCH3 is 1. The van der Waals surface area contributed by atoms with Crippen LogP contribution in [-0.4, -0.2) is 48.8 Å². The zero-order valence-corrected chi connectivity index (χ0v) is 13.1. The molecule has 2 N–H and O–H groups in total. The summed E-state index contributed by atoms with van der Waals surface area (Å²) in [6.07, 6.45) is 0.609. The number of ether oxygens (including phenoxy) is 1. The van der Waals surface area contributed by atoms with E-state index in [0.29, 0.717) is 23.0 Å². The first kappa shape index (κ1) is 16.1. The maximum absolute atomic E-state index is 12.0. The number of rotatable bonds is 5. The van der Waals surface area contributed by atoms with Crippen molar-refractivity contribution >= 4 is 23.2 Å². The summed E-state index contributed by atoms with van der Waals surface area (Å²) in [6, 6.07) is 5.14. The zero-order valence-electron chi connectivity index (χ0n) is 12.3. The Bertz CT molecular complexity index is 508. The number of carbonyl (C=O) groups excluding carboxylic acids is 1. The third kappa shape index (κ3) is 4.33. The lowest BCUT2D eigenvalue weighted by Gasteiger charge is -2.17. The van der Waals surface area contributed by atoms with E-state index in [-0.39, 0.29) is 17.9 Å². The Morgan fingerprint density at radius 3 is 2.95 bits per heavy atom. The molecule has 2 rings (SSSR count). The van der Waals surface area contributed by atoms with Crippen LogP contribution in [0.15, 0.2) is 18.2 Å². The predicted octanol–water partition coefficient (Wildman–Crippen LogP) is 1.99. The average molecular weight is 313 g/mol. The number of carbonyl (C=O) groups is 1. The lowest BCUT2D eigenvalue weighted by Crippen LogP contribution is -2.32. The van der Waals surface area contributed by atoms with E-state index in [1.54, 1.807) is 32.2 Å². The molecule has 1 aliphatic heterocycles. The molecule has 1 aromatic carbocycles. The van der Waals surface area contributed by atoms with Crippen LogP contribution >= 0.6 is 11.6 Å². The van der Waals surface area contributed by atoms with E-state index < -0.39 is 0 Å². The maximum Gasteiger partial charge on any atom is 0.238 e. The normalized spacial score (nSPS) is 20.3. The Hall–Kier alpha value is -1.30. The highest BCUT2D eigenvalue weighted by molar-refractivity contribution is 6.32. The molecule has 0 bridgehead atoms. The minimum absolute atomic E-state index is 0.0810. The van der Waals surface area contributed by atoms with Gasteiger partial charge in [-0.05, 0) is 44.0 Å². The van der Waals surface area contributed by atoms with Crippen LogP contribution in [0.2, 0.25) is 5.02 Å². The van der Waals surface area contributed by atoms with Crippen LogP contribution in [0.25, 0.3) is 0 Å². The summed E-state index contributed by atoms with van der Waals surface area (Å²) in [5.41, 5.74) is 0.650. The molecule has 2 atom stereocenters. The highest BCUT2D eigenvalue weighted by atomic mass is 35.5. The smallest absolute Gasteiger partial charge is 0.238 e. The summed E-state index contributed by atoms with van der Waals surface area (Å²) < 4.78 is 5.07. The van der Waals surface area contributed by atoms with Crippen LogP contribution in [0.4, 0.5) is 5.69 Å². The number of hydrogen-bond donors (Lipinski definition) is 2. The van der Waals surface area contributed by atoms with Crippen molar-refractivity contribution in [2.45, 2.75) is 19.4 Å². The van der Waals surface area contributed by atoms with Crippen LogP contribution in [0, 0.1) is 5.92 Å². The third-order valence-corrected chi connectivity index (χ3v) is 4.09. The van der Waals surface area contributed by atoms with Crippen molar-refractivity contribution in [3.8, 4) is 5.75 Å². The van der Waals surface area contributed by atoms with Crippen molar-refractivity contribution in [1.82, 2.24) is 4.90 Å². The van der Waals surface area contributed by atoms with Gasteiger partial charge in [0, 0.05) is 12.2 Å². The third-order valence-electron chi connectivity index (χ3n) is 3.79. The molecule has 1 saturated heterocycles. The monoisotopic (exact) mass is 312 g/mol. The maximum atomic E-state index is 12.0. The molecule has 21 heavy (non-hydrogen) atoms. The van der Waals surface area contributed by atoms with Gasteiger partial charge < -0.3 is 15.2 Å². The van der Waals surface area contributed by atoms with Crippen molar-refractivity contribution in [1.29, 1.82) is 0 Å². The summed E-state index contributed by atoms with van der Waals surface area (Å²) in [6.45, 7) is 3.72. The molecule has 0 spiro atoms. The molecule has 0 saturated carbocycles. The van der Waals surface area contributed by atoms with Gasteiger partial charge in [-0.2, -0.15) is 0 Å². The summed E-state index contributed by atoms with van der Waals surface area (Å²) in [5, 5.41) is 12.9. The van der Waals surface area contributed by atoms with Gasteiger partial charge in [-0.25, -0.2) is 0 Å². The highest BCUT2D eigenvalue weighted by Gasteiger charge is 2.27. The van der Waals surface area contributed by atoms with Gasteiger partial charge in [-0.3, -0.25) is 9.69 Å². The number of aliphatic hydroxyl groups is 1. The molecule has 5 nitrogen and oxygen atoms in total. The van der Waals surface area contributed by atoms with E-state index in [4.69, 9.17) is 16.3 Å². The second kappa shape index (κ2) is 7.11. The number of amides is 1. The van der Waals surface area contributed by atoms with E-state index in [2.05, 4.69) is 10.2 Å². The van der Waals surface area contributed by atoms with Gasteiger partial charge in [0.2, 0.25) is 5.91 Å². The summed E-state index contributed by atoms with van der Waals surface area (Å²) >= 11 is 6.02. The van der Waals surface area contributed by atoms with Crippen molar-refractivity contribution in [3.05, 3.63) is 23.2 Å². The Morgan fingerprint density at radius 1 is 1.62 bits per heavy atom. The van der Waals surface area contributed by atoms with Crippen LogP contribution in [-0.2, 0) is 4.79 Å². The van der Waals surface area contributed by atoms with E-state index in [1.807, 2.05) is 0 Å². The number of hydrogen-bond acceptors (Lipinski definition) is 4. The second-order valence-corrected chi connectivity index (χ2v) is 5.83. The molecule has 116 valence electrons. The van der Waals surface area contributed by atoms with Crippen molar-refractivity contribution in [2.75, 3.05) is 32.1 Å². The van der Waals surface area contributed by atoms with Crippen LogP contribution < -0.4 is 10.1 Å². The molecule has 6 heteroatoms. The number of nitrogens with zero attached hydrogens (tertiary/aromatic N) is 1. The SMILES string of the molecule is COc1ccc(NC(=O)CN2CCC(C(C)O)C2)cc1Cl. The Morgan fingerprint density at radius 2 is 2.38 bits per heavy atom. The fourth-order valence-electron chi connectivity index (χ4n) is 2.55. The van der Waals surface area contributed by atoms with Gasteiger partial charge in [-0.1, -0.05) is 11.6 Å². The fraction of sp³-hybridized carbons (Fsp3) is 0.533. The highest BCUT2D eigenvalue weighted by Crippen LogP contribution is 2.27. The fourth-order valence-corrected chi connectivity index (χ4v) is 2.81. The van der Waals surface area contributed by atoms with Gasteiger partial charge in [0.25, 0.3) is 0 Å². The van der Waals surface area contributed by atoms with Crippen LogP contribution in [0.3, 0.4) is 0 Å². The number of anilines is 1. The molecular formula is C15H21ClN2O3. The Labute approximate surface area is 129 Å². The lowest BCUT2D eigenvalue weighted by atomic mass is 10.0. The van der Waals surface area contributed by atoms with E-state index in [1.165, 1.54) is 0 Å². The molecule has 1 aliphatic rings. The summed E-state index contributed by atoms with van der Waals surface area (Å²) in [4.78, 5) is 14.1. The van der Waals surface area contributed by atoms with Crippen molar-refractivity contribution < 1.29 is 14.6 Å². The lowest BCUT2D eigenvalue weighted by molar-refractivity contribution is -0.117. The molecular weight excluding hydrogens is 292 g/mol. The first-order chi connectivity index (χ1) is 9.99. The largest absolute Gasteiger partial charge is 0.495 e. The molecule has 1 heterocycles. The van der Waals surface area contributed by atoms with E-state index in [0.717, 1.165) is 19.5 Å². The number of halogens is 1. The minimum Gasteiger partial charge on any atom is -0.495 e. The molecule has 1 fully saturated rings. The van der Waals surface area contributed by atoms with E-state index in [9.17, 15) is 9.90 Å². The standard InChI is InChI=1S/C15H21ClN2O3/c1-10(19)11-5-6-18(8-11)9-15(20)17-12-3-4-14(21-2)13(16)7-12/h3-4,7,10-11,19H,5-6,8-9H2,1-2H3,(H,17,20). The summed E-state index contributed by atoms with van der Waals surface area (Å²) in [7, 11) is 1.55. The van der Waals surface area contributed by atoms with Gasteiger partial charge in [-0.15, -0.1) is 0 Å². The van der Waals surface area contributed by atoms with Crippen LogP contribution in [0.1, 0.15) is 13.3 Å². The van der Waals surface area contributed by atoms with Crippen LogP contribution in [0.5, 0.6) is 5.75 Å². The van der Waals surface area contributed by atoms with Gasteiger partial charge in [0.05, 0.1) is 24.8 Å². The Balaban J connectivity index is 1.86. The van der Waals surface area contributed by atoms with Gasteiger partial charge >= 0.3 is 0 Å². The topological polar surface area (TPSA) is 61.8 Å². The molecule has 1 amide bonds. The molecule has 0 aliphatic carbocycles. The quantitative estimate of drug-likeness (QED) is 0.873. The first-order valence-corrected chi connectivity index (χ1v) is 7.41. The molecule has 0 aromatic heterocycles. The number of benzene rings is 1. The number of aliphatic hydroxyl groups excluding tert-OH is 1. The average Bonchev–Trinajstić information content (AvgIpc) is 2.87. The Kier molecular flexibility index (Phi) is 5.45. The van der Waals surface area contributed by atoms with Gasteiger partial charge in [0.15, 0.2) is 0 Å². The first-order valence-electron chi connectivity index (χ1n) is 7.03. The number of likely N-dealkylation sites (tertiary alicyclic amines) is 1. The second-order valence-electron chi connectivity index (χ2n) is 5.42. The molecule has 1 aromatic rings. The predicted molar refractivity (Wildman–Crippen MR) is 82.9 cm³/mol.